The Hall–Kier alpha value is -0.500. The van der Waals surface area contributed by atoms with Crippen molar-refractivity contribution >= 4 is 13.7 Å². The van der Waals surface area contributed by atoms with E-state index in [9.17, 15) is 19.4 Å². The van der Waals surface area contributed by atoms with Crippen LogP contribution in [0.3, 0.4) is 0 Å². The number of nitrogens with zero attached hydrogens (tertiary/aromatic N) is 1. The number of nitrogens with one attached hydrogen (secondary N) is 1. The van der Waals surface area contributed by atoms with Crippen molar-refractivity contribution in [2.75, 3.05) is 40.9 Å². The third-order valence-corrected chi connectivity index (χ3v) is 9.34. The molecule has 3 N–H and O–H groups in total. The van der Waals surface area contributed by atoms with Gasteiger partial charge in [-0.05, 0) is 12.8 Å². The Bertz CT molecular complexity index is 703. The van der Waals surface area contributed by atoms with Crippen LogP contribution in [0.15, 0.2) is 0 Å². The summed E-state index contributed by atoms with van der Waals surface area (Å²) in [5.74, 6) is -0.148. The molecule has 0 aromatic heterocycles. The summed E-state index contributed by atoms with van der Waals surface area (Å²) in [6.07, 6.45) is 26.9. The Kier molecular flexibility index (Phi) is 28.4. The normalized spacial score (nSPS) is 14.8. The fourth-order valence-corrected chi connectivity index (χ4v) is 6.07. The number of quaternary nitrogens is 1. The highest BCUT2D eigenvalue weighted by atomic mass is 31.2. The molecule has 3 atom stereocenters. The lowest BCUT2D eigenvalue weighted by Crippen LogP contribution is -2.46. The molecule has 1 unspecified atom stereocenters. The smallest absolute Gasteiger partial charge is 0.391 e. The standard InChI is InChI=1S/C35H73N2O6P/c1-6-8-10-12-14-16-18-19-20-22-24-26-28-34(38)33(32-43-44(40,41)42-31-30-37(3,4)5)36-35(39)29-27-25-23-21-17-15-13-11-9-7-2/h33-34,38H,6-32H2,1-5H3,(H-,36,39,40,41)/p+1/t33-,34+/m0/s1. The lowest BCUT2D eigenvalue weighted by atomic mass is 10.0. The molecule has 9 heteroatoms. The molecule has 1 amide bonds. The molecule has 44 heavy (non-hydrogen) atoms. The first-order valence-electron chi connectivity index (χ1n) is 18.4. The van der Waals surface area contributed by atoms with Crippen molar-refractivity contribution in [2.45, 2.75) is 180 Å². The zero-order chi connectivity index (χ0) is 32.9. The number of phosphoric ester groups is 1. The fraction of sp³-hybridized carbons (Fsp3) is 0.971. The summed E-state index contributed by atoms with van der Waals surface area (Å²) in [6.45, 7) is 4.85. The number of likely N-dealkylation sites (N-methyl/N-ethyl adjacent to an activating group) is 1. The summed E-state index contributed by atoms with van der Waals surface area (Å²) in [7, 11) is 1.62. The Morgan fingerprint density at radius 2 is 1.09 bits per heavy atom. The van der Waals surface area contributed by atoms with Crippen LogP contribution >= 0.6 is 7.82 Å². The van der Waals surface area contributed by atoms with Gasteiger partial charge in [-0.25, -0.2) is 4.57 Å². The van der Waals surface area contributed by atoms with Gasteiger partial charge in [0.1, 0.15) is 13.2 Å². The number of unbranched alkanes of at least 4 members (excludes halogenated alkanes) is 20. The van der Waals surface area contributed by atoms with Gasteiger partial charge in [0.15, 0.2) is 0 Å². The number of aliphatic hydroxyl groups is 1. The second-order valence-corrected chi connectivity index (χ2v) is 15.4. The zero-order valence-corrected chi connectivity index (χ0v) is 30.6. The van der Waals surface area contributed by atoms with E-state index in [4.69, 9.17) is 9.05 Å². The van der Waals surface area contributed by atoms with Crippen LogP contribution < -0.4 is 5.32 Å². The molecule has 8 nitrogen and oxygen atoms in total. The van der Waals surface area contributed by atoms with Crippen LogP contribution in [-0.4, -0.2) is 73.4 Å². The highest BCUT2D eigenvalue weighted by molar-refractivity contribution is 7.47. The largest absolute Gasteiger partial charge is 0.472 e. The molecule has 0 fully saturated rings. The SMILES string of the molecule is CCCCCCCCCCCCCC[C@@H](O)[C@H](COP(=O)(O)OCC[N+](C)(C)C)NC(=O)CCCCCCCCCCCC. The van der Waals surface area contributed by atoms with Crippen LogP contribution in [0, 0.1) is 0 Å². The van der Waals surface area contributed by atoms with E-state index in [2.05, 4.69) is 19.2 Å². The summed E-state index contributed by atoms with van der Waals surface area (Å²) in [6, 6.07) is -0.749. The quantitative estimate of drug-likeness (QED) is 0.0372. The highest BCUT2D eigenvalue weighted by Crippen LogP contribution is 2.43. The number of hydrogen-bond donors (Lipinski definition) is 3. The van der Waals surface area contributed by atoms with Crippen LogP contribution in [0.5, 0.6) is 0 Å². The molecule has 0 heterocycles. The maximum Gasteiger partial charge on any atom is 0.472 e. The fourth-order valence-electron chi connectivity index (χ4n) is 5.34. The van der Waals surface area contributed by atoms with E-state index < -0.39 is 20.0 Å². The Morgan fingerprint density at radius 1 is 0.682 bits per heavy atom. The van der Waals surface area contributed by atoms with Gasteiger partial charge in [-0.1, -0.05) is 149 Å². The van der Waals surface area contributed by atoms with E-state index in [0.717, 1.165) is 38.5 Å². The third-order valence-electron chi connectivity index (χ3n) is 8.36. The minimum atomic E-state index is -4.29. The molecular weight excluding hydrogens is 575 g/mol. The average Bonchev–Trinajstić information content (AvgIpc) is 2.95. The monoisotopic (exact) mass is 650 g/mol. The molecule has 0 spiro atoms. The first kappa shape index (κ1) is 43.5. The predicted molar refractivity (Wildman–Crippen MR) is 185 cm³/mol. The van der Waals surface area contributed by atoms with Crippen molar-refractivity contribution < 1.29 is 32.9 Å². The van der Waals surface area contributed by atoms with E-state index in [-0.39, 0.29) is 19.1 Å². The molecule has 264 valence electrons. The molecule has 0 aromatic carbocycles. The molecular formula is C35H74N2O6P+. The Balaban J connectivity index is 4.49. The van der Waals surface area contributed by atoms with E-state index in [0.29, 0.717) is 23.9 Å². The number of carbonyl (C=O) groups excluding carboxylic acids is 1. The first-order chi connectivity index (χ1) is 21.0. The number of aliphatic hydroxyl groups excluding tert-OH is 1. The molecule has 0 saturated carbocycles. The summed E-state index contributed by atoms with van der Waals surface area (Å²) < 4.78 is 23.4. The molecule has 0 aliphatic rings. The van der Waals surface area contributed by atoms with Gasteiger partial charge in [0, 0.05) is 6.42 Å². The number of phosphoric acid groups is 1. The molecule has 0 aliphatic carbocycles. The van der Waals surface area contributed by atoms with Gasteiger partial charge in [0.2, 0.25) is 5.91 Å². The van der Waals surface area contributed by atoms with Crippen molar-refractivity contribution in [3.63, 3.8) is 0 Å². The van der Waals surface area contributed by atoms with Gasteiger partial charge in [0.05, 0.1) is 39.9 Å². The minimum Gasteiger partial charge on any atom is -0.391 e. The molecule has 0 radical (unpaired) electrons. The van der Waals surface area contributed by atoms with Crippen molar-refractivity contribution in [2.24, 2.45) is 0 Å². The van der Waals surface area contributed by atoms with Crippen LogP contribution in [0.25, 0.3) is 0 Å². The van der Waals surface area contributed by atoms with Crippen LogP contribution in [-0.2, 0) is 18.4 Å². The third kappa shape index (κ3) is 30.2. The molecule has 0 saturated heterocycles. The minimum absolute atomic E-state index is 0.0778. The molecule has 0 aromatic rings. The second-order valence-electron chi connectivity index (χ2n) is 14.0. The maximum atomic E-state index is 12.7. The predicted octanol–water partition coefficient (Wildman–Crippen LogP) is 9.07. The maximum absolute atomic E-state index is 12.7. The van der Waals surface area contributed by atoms with Crippen molar-refractivity contribution in [1.29, 1.82) is 0 Å². The lowest BCUT2D eigenvalue weighted by molar-refractivity contribution is -0.870. The van der Waals surface area contributed by atoms with Gasteiger partial charge in [-0.15, -0.1) is 0 Å². The summed E-state index contributed by atoms with van der Waals surface area (Å²) >= 11 is 0. The molecule has 0 aliphatic heterocycles. The summed E-state index contributed by atoms with van der Waals surface area (Å²) in [4.78, 5) is 22.9. The second kappa shape index (κ2) is 28.7. The Morgan fingerprint density at radius 3 is 1.52 bits per heavy atom. The van der Waals surface area contributed by atoms with Gasteiger partial charge < -0.3 is 19.8 Å². The van der Waals surface area contributed by atoms with Gasteiger partial charge in [0.25, 0.3) is 0 Å². The first-order valence-corrected chi connectivity index (χ1v) is 19.9. The van der Waals surface area contributed by atoms with Crippen molar-refractivity contribution in [3.05, 3.63) is 0 Å². The van der Waals surface area contributed by atoms with E-state index in [1.54, 1.807) is 0 Å². The molecule has 0 bridgehead atoms. The number of hydrogen-bond acceptors (Lipinski definition) is 5. The van der Waals surface area contributed by atoms with Crippen molar-refractivity contribution in [3.8, 4) is 0 Å². The summed E-state index contributed by atoms with van der Waals surface area (Å²) in [5.41, 5.74) is 0. The number of amides is 1. The van der Waals surface area contributed by atoms with Crippen molar-refractivity contribution in [1.82, 2.24) is 5.32 Å². The van der Waals surface area contributed by atoms with E-state index in [1.165, 1.54) is 103 Å². The number of carbonyl (C=O) groups is 1. The van der Waals surface area contributed by atoms with Crippen LogP contribution in [0.2, 0.25) is 0 Å². The highest BCUT2D eigenvalue weighted by Gasteiger charge is 2.28. The van der Waals surface area contributed by atoms with Crippen LogP contribution in [0.1, 0.15) is 168 Å². The zero-order valence-electron chi connectivity index (χ0n) is 29.7. The van der Waals surface area contributed by atoms with Gasteiger partial charge in [-0.2, -0.15) is 0 Å². The van der Waals surface area contributed by atoms with Crippen LogP contribution in [0.4, 0.5) is 0 Å². The van der Waals surface area contributed by atoms with E-state index in [1.807, 2.05) is 21.1 Å². The average molecular weight is 650 g/mol. The number of rotatable bonds is 33. The Labute approximate surface area is 272 Å². The lowest BCUT2D eigenvalue weighted by Gasteiger charge is -2.26. The van der Waals surface area contributed by atoms with E-state index >= 15 is 0 Å². The summed E-state index contributed by atoms with van der Waals surface area (Å²) in [5, 5.41) is 13.8. The molecule has 0 rings (SSSR count). The van der Waals surface area contributed by atoms with Gasteiger partial charge in [-0.3, -0.25) is 13.8 Å². The van der Waals surface area contributed by atoms with Gasteiger partial charge >= 0.3 is 7.82 Å². The topological polar surface area (TPSA) is 105 Å².